The number of para-hydroxylation sites is 2. The Morgan fingerprint density at radius 2 is 1.89 bits per heavy atom. The summed E-state index contributed by atoms with van der Waals surface area (Å²) >= 11 is 12.2. The number of rotatable bonds is 7. The van der Waals surface area contributed by atoms with Crippen LogP contribution in [0.2, 0.25) is 10.0 Å². The molecular formula is C28H28Cl2N4O2. The van der Waals surface area contributed by atoms with Crippen LogP contribution in [-0.2, 0) is 17.9 Å². The summed E-state index contributed by atoms with van der Waals surface area (Å²) in [6.07, 6.45) is 1.79. The van der Waals surface area contributed by atoms with Crippen LogP contribution in [0, 0.1) is 5.92 Å². The minimum absolute atomic E-state index is 0.0179. The molecule has 186 valence electrons. The standard InChI is InChI=1S/C28H28Cl2N4O2/c1-36-22-11-8-19(9-12-22)16-34-26-7-3-2-6-25(26)31-27(34)18-33-14-4-5-20(17-33)28(35)32-24-13-10-21(29)15-23(24)30/h2-3,6-13,15,20H,4-5,14,16-18H2,1H3,(H,32,35)/t20-/m0/s1. The number of piperidine rings is 1. The van der Waals surface area contributed by atoms with Crippen molar-refractivity contribution < 1.29 is 9.53 Å². The molecule has 0 unspecified atom stereocenters. The average molecular weight is 523 g/mol. The van der Waals surface area contributed by atoms with E-state index in [9.17, 15) is 4.79 Å². The van der Waals surface area contributed by atoms with E-state index in [4.69, 9.17) is 32.9 Å². The number of anilines is 1. The van der Waals surface area contributed by atoms with Crippen molar-refractivity contribution >= 4 is 45.8 Å². The Morgan fingerprint density at radius 1 is 1.08 bits per heavy atom. The largest absolute Gasteiger partial charge is 0.497 e. The molecule has 1 saturated heterocycles. The lowest BCUT2D eigenvalue weighted by atomic mass is 9.97. The first-order valence-electron chi connectivity index (χ1n) is 12.1. The third-order valence-corrected chi connectivity index (χ3v) is 7.21. The van der Waals surface area contributed by atoms with Gasteiger partial charge >= 0.3 is 0 Å². The molecule has 4 aromatic rings. The van der Waals surface area contributed by atoms with E-state index in [0.717, 1.165) is 42.0 Å². The monoisotopic (exact) mass is 522 g/mol. The Balaban J connectivity index is 1.32. The molecular weight excluding hydrogens is 495 g/mol. The fourth-order valence-corrected chi connectivity index (χ4v) is 5.23. The molecule has 0 spiro atoms. The van der Waals surface area contributed by atoms with Gasteiger partial charge in [-0.05, 0) is 67.4 Å². The number of nitrogens with zero attached hydrogens (tertiary/aromatic N) is 3. The summed E-state index contributed by atoms with van der Waals surface area (Å²) in [5.74, 6) is 1.70. The van der Waals surface area contributed by atoms with Gasteiger partial charge in [0.1, 0.15) is 11.6 Å². The number of hydrogen-bond acceptors (Lipinski definition) is 4. The van der Waals surface area contributed by atoms with E-state index in [0.29, 0.717) is 35.4 Å². The zero-order chi connectivity index (χ0) is 25.1. The summed E-state index contributed by atoms with van der Waals surface area (Å²) in [6, 6.07) is 21.4. The molecule has 0 saturated carbocycles. The second kappa shape index (κ2) is 10.9. The number of ether oxygens (including phenoxy) is 1. The van der Waals surface area contributed by atoms with Gasteiger partial charge in [0.15, 0.2) is 0 Å². The number of carbonyl (C=O) groups is 1. The average Bonchev–Trinajstić information content (AvgIpc) is 3.23. The van der Waals surface area contributed by atoms with Crippen LogP contribution in [-0.4, -0.2) is 40.6 Å². The second-order valence-electron chi connectivity index (χ2n) is 9.14. The van der Waals surface area contributed by atoms with Crippen LogP contribution in [0.1, 0.15) is 24.2 Å². The van der Waals surface area contributed by atoms with Gasteiger partial charge in [0, 0.05) is 18.1 Å². The van der Waals surface area contributed by atoms with Crippen molar-refractivity contribution in [2.45, 2.75) is 25.9 Å². The number of carbonyl (C=O) groups excluding carboxylic acids is 1. The van der Waals surface area contributed by atoms with E-state index in [-0.39, 0.29) is 11.8 Å². The normalized spacial score (nSPS) is 16.2. The maximum atomic E-state index is 13.0. The van der Waals surface area contributed by atoms with Gasteiger partial charge in [-0.2, -0.15) is 0 Å². The highest BCUT2D eigenvalue weighted by Gasteiger charge is 2.27. The molecule has 3 aromatic carbocycles. The van der Waals surface area contributed by atoms with Crippen molar-refractivity contribution in [3.05, 3.63) is 88.2 Å². The topological polar surface area (TPSA) is 59.4 Å². The number of halogens is 2. The molecule has 1 aliphatic heterocycles. The number of nitrogens with one attached hydrogen (secondary N) is 1. The minimum atomic E-state index is -0.120. The van der Waals surface area contributed by atoms with E-state index < -0.39 is 0 Å². The molecule has 1 aliphatic rings. The number of methoxy groups -OCH3 is 1. The highest BCUT2D eigenvalue weighted by molar-refractivity contribution is 6.36. The van der Waals surface area contributed by atoms with Crippen molar-refractivity contribution in [3.8, 4) is 5.75 Å². The van der Waals surface area contributed by atoms with Crippen molar-refractivity contribution in [2.75, 3.05) is 25.5 Å². The molecule has 8 heteroatoms. The summed E-state index contributed by atoms with van der Waals surface area (Å²) in [6.45, 7) is 2.99. The Kier molecular flexibility index (Phi) is 7.46. The lowest BCUT2D eigenvalue weighted by Gasteiger charge is -2.32. The molecule has 1 aromatic heterocycles. The summed E-state index contributed by atoms with van der Waals surface area (Å²) in [7, 11) is 1.67. The first kappa shape index (κ1) is 24.6. The number of aromatic nitrogens is 2. The highest BCUT2D eigenvalue weighted by Crippen LogP contribution is 2.28. The zero-order valence-electron chi connectivity index (χ0n) is 20.1. The minimum Gasteiger partial charge on any atom is -0.497 e. The molecule has 1 fully saturated rings. The number of likely N-dealkylation sites (tertiary alicyclic amines) is 1. The molecule has 0 radical (unpaired) electrons. The lowest BCUT2D eigenvalue weighted by molar-refractivity contribution is -0.121. The number of amides is 1. The van der Waals surface area contributed by atoms with Crippen molar-refractivity contribution in [1.82, 2.24) is 14.5 Å². The van der Waals surface area contributed by atoms with Crippen molar-refractivity contribution in [1.29, 1.82) is 0 Å². The maximum Gasteiger partial charge on any atom is 0.228 e. The third kappa shape index (κ3) is 5.51. The summed E-state index contributed by atoms with van der Waals surface area (Å²) in [4.78, 5) is 20.3. The smallest absolute Gasteiger partial charge is 0.228 e. The molecule has 2 heterocycles. The number of hydrogen-bond donors (Lipinski definition) is 1. The van der Waals surface area contributed by atoms with Gasteiger partial charge in [0.2, 0.25) is 5.91 Å². The van der Waals surface area contributed by atoms with Gasteiger partial charge in [-0.1, -0.05) is 47.5 Å². The van der Waals surface area contributed by atoms with Crippen molar-refractivity contribution in [3.63, 3.8) is 0 Å². The number of benzene rings is 3. The van der Waals surface area contributed by atoms with E-state index in [1.165, 1.54) is 5.56 Å². The van der Waals surface area contributed by atoms with Crippen LogP contribution >= 0.6 is 23.2 Å². The van der Waals surface area contributed by atoms with E-state index in [1.54, 1.807) is 25.3 Å². The molecule has 0 bridgehead atoms. The highest BCUT2D eigenvalue weighted by atomic mass is 35.5. The fraction of sp³-hybridized carbons (Fsp3) is 0.286. The summed E-state index contributed by atoms with van der Waals surface area (Å²) in [5, 5.41) is 3.96. The van der Waals surface area contributed by atoms with E-state index >= 15 is 0 Å². The third-order valence-electron chi connectivity index (χ3n) is 6.66. The maximum absolute atomic E-state index is 13.0. The predicted molar refractivity (Wildman–Crippen MR) is 145 cm³/mol. The molecule has 6 nitrogen and oxygen atoms in total. The molecule has 1 amide bonds. The SMILES string of the molecule is COc1ccc(Cn2c(CN3CCC[C@H](C(=O)Nc4ccc(Cl)cc4Cl)C3)nc3ccccc32)cc1. The van der Waals surface area contributed by atoms with Gasteiger partial charge in [-0.15, -0.1) is 0 Å². The van der Waals surface area contributed by atoms with Crippen LogP contribution in [0.3, 0.4) is 0 Å². The molecule has 5 rings (SSSR count). The molecule has 36 heavy (non-hydrogen) atoms. The summed E-state index contributed by atoms with van der Waals surface area (Å²) < 4.78 is 7.58. The van der Waals surface area contributed by atoms with Crippen molar-refractivity contribution in [2.24, 2.45) is 5.92 Å². The van der Waals surface area contributed by atoms with Crippen LogP contribution < -0.4 is 10.1 Å². The van der Waals surface area contributed by atoms with Gasteiger partial charge in [0.05, 0.1) is 41.3 Å². The predicted octanol–water partition coefficient (Wildman–Crippen LogP) is 6.25. The van der Waals surface area contributed by atoms with E-state index in [2.05, 4.69) is 33.0 Å². The van der Waals surface area contributed by atoms with Crippen LogP contribution in [0.4, 0.5) is 5.69 Å². The fourth-order valence-electron chi connectivity index (χ4n) is 4.77. The quantitative estimate of drug-likeness (QED) is 0.311. The van der Waals surface area contributed by atoms with Gasteiger partial charge in [0.25, 0.3) is 0 Å². The van der Waals surface area contributed by atoms with Crippen LogP contribution in [0.15, 0.2) is 66.7 Å². The molecule has 0 aliphatic carbocycles. The second-order valence-corrected chi connectivity index (χ2v) is 9.98. The first-order valence-corrected chi connectivity index (χ1v) is 12.8. The Labute approximate surface area is 220 Å². The Hall–Kier alpha value is -3.06. The lowest BCUT2D eigenvalue weighted by Crippen LogP contribution is -2.40. The Morgan fingerprint density at radius 3 is 2.67 bits per heavy atom. The number of fused-ring (bicyclic) bond motifs is 1. The Bertz CT molecular complexity index is 1370. The molecule has 1 N–H and O–H groups in total. The van der Waals surface area contributed by atoms with Gasteiger partial charge in [-0.25, -0.2) is 4.98 Å². The van der Waals surface area contributed by atoms with Crippen LogP contribution in [0.25, 0.3) is 11.0 Å². The zero-order valence-corrected chi connectivity index (χ0v) is 21.6. The van der Waals surface area contributed by atoms with E-state index in [1.807, 2.05) is 30.3 Å². The summed E-state index contributed by atoms with van der Waals surface area (Å²) in [5.41, 5.74) is 3.84. The van der Waals surface area contributed by atoms with Gasteiger partial charge in [-0.3, -0.25) is 9.69 Å². The first-order chi connectivity index (χ1) is 17.5. The van der Waals surface area contributed by atoms with Gasteiger partial charge < -0.3 is 14.6 Å². The number of imidazole rings is 1. The molecule has 1 atom stereocenters. The van der Waals surface area contributed by atoms with Crippen LogP contribution in [0.5, 0.6) is 5.75 Å².